The van der Waals surface area contributed by atoms with Gasteiger partial charge in [-0.3, -0.25) is 0 Å². The zero-order valence-corrected chi connectivity index (χ0v) is 10.9. The van der Waals surface area contributed by atoms with E-state index < -0.39 is 0 Å². The van der Waals surface area contributed by atoms with Crippen LogP contribution in [0.25, 0.3) is 0 Å². The van der Waals surface area contributed by atoms with Crippen LogP contribution in [0.4, 0.5) is 0 Å². The zero-order valence-electron chi connectivity index (χ0n) is 10.9. The Labute approximate surface area is 95.2 Å². The molecule has 1 unspecified atom stereocenters. The van der Waals surface area contributed by atoms with Crippen molar-refractivity contribution in [3.8, 4) is 0 Å². The number of methoxy groups -OCH3 is 1. The van der Waals surface area contributed by atoms with E-state index in [1.165, 1.54) is 25.9 Å². The number of rotatable bonds is 10. The van der Waals surface area contributed by atoms with Gasteiger partial charge in [-0.05, 0) is 32.9 Å². The molecule has 1 atom stereocenters. The van der Waals surface area contributed by atoms with E-state index in [2.05, 4.69) is 31.0 Å². The Morgan fingerprint density at radius 1 is 1.13 bits per heavy atom. The molecule has 3 heteroatoms. The van der Waals surface area contributed by atoms with Gasteiger partial charge in [-0.15, -0.1) is 0 Å². The monoisotopic (exact) mass is 216 g/mol. The third-order valence-electron chi connectivity index (χ3n) is 2.42. The number of hydrogen-bond acceptors (Lipinski definition) is 3. The molecule has 1 N–H and O–H groups in total. The van der Waals surface area contributed by atoms with Crippen molar-refractivity contribution < 1.29 is 4.74 Å². The van der Waals surface area contributed by atoms with Crippen molar-refractivity contribution in [2.75, 3.05) is 39.9 Å². The third kappa shape index (κ3) is 8.85. The molecule has 0 aromatic carbocycles. The van der Waals surface area contributed by atoms with Gasteiger partial charge in [0.25, 0.3) is 0 Å². The highest BCUT2D eigenvalue weighted by Crippen LogP contribution is 1.93. The van der Waals surface area contributed by atoms with Crippen molar-refractivity contribution in [2.45, 2.75) is 39.7 Å². The SMILES string of the molecule is CCCN(CCC)CCNC(C)COC. The minimum Gasteiger partial charge on any atom is -0.383 e. The van der Waals surface area contributed by atoms with Crippen molar-refractivity contribution >= 4 is 0 Å². The molecule has 0 aromatic rings. The van der Waals surface area contributed by atoms with Crippen LogP contribution in [0.5, 0.6) is 0 Å². The molecule has 92 valence electrons. The summed E-state index contributed by atoms with van der Waals surface area (Å²) in [4.78, 5) is 2.52. The smallest absolute Gasteiger partial charge is 0.0613 e. The maximum atomic E-state index is 5.08. The fourth-order valence-electron chi connectivity index (χ4n) is 1.75. The van der Waals surface area contributed by atoms with Crippen LogP contribution in [-0.4, -0.2) is 50.8 Å². The molecule has 0 saturated heterocycles. The lowest BCUT2D eigenvalue weighted by molar-refractivity contribution is 0.169. The number of ether oxygens (including phenoxy) is 1. The first-order chi connectivity index (χ1) is 7.24. The van der Waals surface area contributed by atoms with Gasteiger partial charge >= 0.3 is 0 Å². The molecule has 0 spiro atoms. The molecule has 0 bridgehead atoms. The maximum Gasteiger partial charge on any atom is 0.0613 e. The highest BCUT2D eigenvalue weighted by Gasteiger charge is 2.03. The molecule has 0 amide bonds. The number of nitrogens with zero attached hydrogens (tertiary/aromatic N) is 1. The van der Waals surface area contributed by atoms with Gasteiger partial charge in [0.1, 0.15) is 0 Å². The van der Waals surface area contributed by atoms with Crippen molar-refractivity contribution in [1.29, 1.82) is 0 Å². The predicted octanol–water partition coefficient (Wildman–Crippen LogP) is 1.73. The van der Waals surface area contributed by atoms with Gasteiger partial charge in [-0.1, -0.05) is 13.8 Å². The Bertz CT molecular complexity index is 125. The lowest BCUT2D eigenvalue weighted by Gasteiger charge is -2.22. The van der Waals surface area contributed by atoms with E-state index >= 15 is 0 Å². The fraction of sp³-hybridized carbons (Fsp3) is 1.00. The summed E-state index contributed by atoms with van der Waals surface area (Å²) >= 11 is 0. The first kappa shape index (κ1) is 14.9. The van der Waals surface area contributed by atoms with Crippen molar-refractivity contribution in [2.24, 2.45) is 0 Å². The van der Waals surface area contributed by atoms with E-state index in [0.717, 1.165) is 19.7 Å². The van der Waals surface area contributed by atoms with Crippen LogP contribution in [-0.2, 0) is 4.74 Å². The molecule has 15 heavy (non-hydrogen) atoms. The van der Waals surface area contributed by atoms with Gasteiger partial charge in [0.05, 0.1) is 6.61 Å². The summed E-state index contributed by atoms with van der Waals surface area (Å²) in [7, 11) is 1.75. The van der Waals surface area contributed by atoms with E-state index in [0.29, 0.717) is 6.04 Å². The van der Waals surface area contributed by atoms with E-state index in [1.54, 1.807) is 7.11 Å². The first-order valence-corrected chi connectivity index (χ1v) is 6.19. The van der Waals surface area contributed by atoms with Crippen LogP contribution >= 0.6 is 0 Å². The third-order valence-corrected chi connectivity index (χ3v) is 2.42. The van der Waals surface area contributed by atoms with E-state index in [1.807, 2.05) is 0 Å². The number of nitrogens with one attached hydrogen (secondary N) is 1. The predicted molar refractivity (Wildman–Crippen MR) is 66.4 cm³/mol. The number of hydrogen-bond donors (Lipinski definition) is 1. The van der Waals surface area contributed by atoms with E-state index in [9.17, 15) is 0 Å². The van der Waals surface area contributed by atoms with Gasteiger partial charge in [0, 0.05) is 26.2 Å². The molecule has 0 aromatic heterocycles. The molecule has 0 saturated carbocycles. The highest BCUT2D eigenvalue weighted by atomic mass is 16.5. The summed E-state index contributed by atoms with van der Waals surface area (Å²) < 4.78 is 5.08. The summed E-state index contributed by atoms with van der Waals surface area (Å²) in [5, 5.41) is 3.46. The van der Waals surface area contributed by atoms with E-state index in [-0.39, 0.29) is 0 Å². The van der Waals surface area contributed by atoms with Crippen molar-refractivity contribution in [3.63, 3.8) is 0 Å². The van der Waals surface area contributed by atoms with Gasteiger partial charge in [-0.2, -0.15) is 0 Å². The van der Waals surface area contributed by atoms with Gasteiger partial charge in [0.2, 0.25) is 0 Å². The summed E-state index contributed by atoms with van der Waals surface area (Å²) in [6, 6.07) is 0.458. The minimum atomic E-state index is 0.458. The molecule has 0 heterocycles. The summed E-state index contributed by atoms with van der Waals surface area (Å²) in [6.45, 7) is 12.1. The van der Waals surface area contributed by atoms with Gasteiger partial charge < -0.3 is 15.0 Å². The molecular formula is C12H28N2O. The minimum absolute atomic E-state index is 0.458. The van der Waals surface area contributed by atoms with Crippen LogP contribution in [0.1, 0.15) is 33.6 Å². The van der Waals surface area contributed by atoms with Crippen LogP contribution in [0.3, 0.4) is 0 Å². The molecule has 3 nitrogen and oxygen atoms in total. The average Bonchev–Trinajstić information content (AvgIpc) is 2.19. The molecule has 0 aliphatic carbocycles. The summed E-state index contributed by atoms with van der Waals surface area (Å²) in [5.74, 6) is 0. The molecule has 0 radical (unpaired) electrons. The van der Waals surface area contributed by atoms with Crippen LogP contribution < -0.4 is 5.32 Å². The maximum absolute atomic E-state index is 5.08. The summed E-state index contributed by atoms with van der Waals surface area (Å²) in [5.41, 5.74) is 0. The van der Waals surface area contributed by atoms with E-state index in [4.69, 9.17) is 4.74 Å². The molecular weight excluding hydrogens is 188 g/mol. The molecule has 0 aliphatic rings. The Morgan fingerprint density at radius 2 is 1.73 bits per heavy atom. The lowest BCUT2D eigenvalue weighted by Crippen LogP contribution is -2.38. The Hall–Kier alpha value is -0.120. The van der Waals surface area contributed by atoms with Gasteiger partial charge in [0.15, 0.2) is 0 Å². The second kappa shape index (κ2) is 10.4. The second-order valence-electron chi connectivity index (χ2n) is 4.15. The second-order valence-corrected chi connectivity index (χ2v) is 4.15. The quantitative estimate of drug-likeness (QED) is 0.602. The Morgan fingerprint density at radius 3 is 2.20 bits per heavy atom. The van der Waals surface area contributed by atoms with Crippen LogP contribution in [0.2, 0.25) is 0 Å². The molecule has 0 aliphatic heterocycles. The van der Waals surface area contributed by atoms with Gasteiger partial charge in [-0.25, -0.2) is 0 Å². The topological polar surface area (TPSA) is 24.5 Å². The Kier molecular flexibility index (Phi) is 10.3. The summed E-state index contributed by atoms with van der Waals surface area (Å²) in [6.07, 6.45) is 2.49. The average molecular weight is 216 g/mol. The molecule has 0 rings (SSSR count). The van der Waals surface area contributed by atoms with Crippen LogP contribution in [0, 0.1) is 0 Å². The van der Waals surface area contributed by atoms with Crippen molar-refractivity contribution in [1.82, 2.24) is 10.2 Å². The highest BCUT2D eigenvalue weighted by molar-refractivity contribution is 4.63. The molecule has 0 fully saturated rings. The standard InChI is InChI=1S/C12H28N2O/c1-5-8-14(9-6-2)10-7-13-12(3)11-15-4/h12-13H,5-11H2,1-4H3. The lowest BCUT2D eigenvalue weighted by atomic mass is 10.3. The first-order valence-electron chi connectivity index (χ1n) is 6.19. The van der Waals surface area contributed by atoms with Crippen LogP contribution in [0.15, 0.2) is 0 Å². The van der Waals surface area contributed by atoms with Crippen molar-refractivity contribution in [3.05, 3.63) is 0 Å². The Balaban J connectivity index is 3.51. The normalized spacial score (nSPS) is 13.4. The zero-order chi connectivity index (χ0) is 11.5. The fourth-order valence-corrected chi connectivity index (χ4v) is 1.75. The largest absolute Gasteiger partial charge is 0.383 e.